The normalized spacial score (nSPS) is 10.5. The minimum atomic E-state index is 0.219. The Hall–Kier alpha value is -1.17. The van der Waals surface area contributed by atoms with Crippen LogP contribution in [0, 0.1) is 4.77 Å². The number of hydrogen-bond acceptors (Lipinski definition) is 4. The number of rotatable bonds is 2. The van der Waals surface area contributed by atoms with Gasteiger partial charge < -0.3 is 10.7 Å². The molecule has 0 aliphatic rings. The van der Waals surface area contributed by atoms with Crippen molar-refractivity contribution in [1.82, 2.24) is 15.0 Å². The van der Waals surface area contributed by atoms with Crippen LogP contribution in [-0.4, -0.2) is 15.0 Å². The molecule has 1 heterocycles. The number of nitrogens with one attached hydrogen (secondary N) is 1. The third-order valence-electron chi connectivity index (χ3n) is 2.07. The summed E-state index contributed by atoms with van der Waals surface area (Å²) < 4.78 is 0.219. The Labute approximate surface area is 113 Å². The SMILES string of the molecule is Nc1nc(=S)nc(Cc2ccc(Cl)c(Cl)c2)[nH]1. The minimum absolute atomic E-state index is 0.219. The fraction of sp³-hybridized carbons (Fsp3) is 0.100. The molecule has 0 bridgehead atoms. The maximum Gasteiger partial charge on any atom is 0.224 e. The van der Waals surface area contributed by atoms with Gasteiger partial charge in [-0.05, 0) is 29.9 Å². The van der Waals surface area contributed by atoms with E-state index in [2.05, 4.69) is 15.0 Å². The summed E-state index contributed by atoms with van der Waals surface area (Å²) >= 11 is 16.6. The molecule has 88 valence electrons. The summed E-state index contributed by atoms with van der Waals surface area (Å²) in [5, 5.41) is 1.02. The lowest BCUT2D eigenvalue weighted by Gasteiger charge is -2.03. The number of anilines is 1. The van der Waals surface area contributed by atoms with E-state index >= 15 is 0 Å². The van der Waals surface area contributed by atoms with Gasteiger partial charge in [0.15, 0.2) is 0 Å². The van der Waals surface area contributed by atoms with Crippen molar-refractivity contribution in [3.05, 3.63) is 44.4 Å². The molecule has 0 saturated heterocycles. The van der Waals surface area contributed by atoms with Crippen LogP contribution in [0.3, 0.4) is 0 Å². The number of halogens is 2. The topological polar surface area (TPSA) is 67.6 Å². The van der Waals surface area contributed by atoms with Crippen LogP contribution in [0.25, 0.3) is 0 Å². The number of benzene rings is 1. The van der Waals surface area contributed by atoms with Gasteiger partial charge in [0.2, 0.25) is 10.7 Å². The Balaban J connectivity index is 2.31. The summed E-state index contributed by atoms with van der Waals surface area (Å²) in [6, 6.07) is 5.38. The van der Waals surface area contributed by atoms with Gasteiger partial charge in [-0.15, -0.1) is 0 Å². The van der Waals surface area contributed by atoms with Gasteiger partial charge in [-0.1, -0.05) is 29.3 Å². The molecule has 0 atom stereocenters. The molecular weight excluding hydrogens is 279 g/mol. The Morgan fingerprint density at radius 1 is 1.24 bits per heavy atom. The quantitative estimate of drug-likeness (QED) is 0.833. The number of nitrogens with two attached hydrogens (primary N) is 1. The molecule has 7 heteroatoms. The van der Waals surface area contributed by atoms with Crippen molar-refractivity contribution >= 4 is 41.4 Å². The van der Waals surface area contributed by atoms with E-state index in [0.29, 0.717) is 22.3 Å². The van der Waals surface area contributed by atoms with Gasteiger partial charge in [0.25, 0.3) is 0 Å². The fourth-order valence-electron chi connectivity index (χ4n) is 1.37. The molecule has 3 N–H and O–H groups in total. The van der Waals surface area contributed by atoms with E-state index in [1.54, 1.807) is 12.1 Å². The molecule has 0 fully saturated rings. The average Bonchev–Trinajstić information content (AvgIpc) is 2.22. The lowest BCUT2D eigenvalue weighted by molar-refractivity contribution is 0.916. The molecule has 0 unspecified atom stereocenters. The first-order chi connectivity index (χ1) is 8.04. The van der Waals surface area contributed by atoms with Crippen molar-refractivity contribution in [2.24, 2.45) is 0 Å². The molecule has 0 saturated carbocycles. The van der Waals surface area contributed by atoms with Crippen LogP contribution in [0.4, 0.5) is 5.95 Å². The van der Waals surface area contributed by atoms with Gasteiger partial charge in [0, 0.05) is 6.42 Å². The van der Waals surface area contributed by atoms with E-state index in [-0.39, 0.29) is 10.7 Å². The molecule has 0 spiro atoms. The molecular formula is C10H8Cl2N4S. The van der Waals surface area contributed by atoms with Crippen molar-refractivity contribution in [1.29, 1.82) is 0 Å². The largest absolute Gasteiger partial charge is 0.369 e. The van der Waals surface area contributed by atoms with Crippen LogP contribution >= 0.6 is 35.4 Å². The highest BCUT2D eigenvalue weighted by Gasteiger charge is 2.03. The number of H-pyrrole nitrogens is 1. The molecule has 2 aromatic rings. The van der Waals surface area contributed by atoms with Gasteiger partial charge in [-0.25, -0.2) is 4.98 Å². The van der Waals surface area contributed by atoms with Crippen LogP contribution in [0.1, 0.15) is 11.4 Å². The van der Waals surface area contributed by atoms with E-state index in [1.807, 2.05) is 6.07 Å². The summed E-state index contributed by atoms with van der Waals surface area (Å²) in [7, 11) is 0. The number of hydrogen-bond donors (Lipinski definition) is 2. The van der Waals surface area contributed by atoms with Crippen LogP contribution in [0.15, 0.2) is 18.2 Å². The lowest BCUT2D eigenvalue weighted by Crippen LogP contribution is -2.03. The summed E-state index contributed by atoms with van der Waals surface area (Å²) in [6.45, 7) is 0. The Kier molecular flexibility index (Phi) is 3.61. The maximum atomic E-state index is 5.92. The summed E-state index contributed by atoms with van der Waals surface area (Å²) in [5.41, 5.74) is 6.51. The van der Waals surface area contributed by atoms with Crippen molar-refractivity contribution in [2.75, 3.05) is 5.73 Å². The molecule has 0 radical (unpaired) electrons. The first kappa shape index (κ1) is 12.3. The number of nitrogens with zero attached hydrogens (tertiary/aromatic N) is 2. The van der Waals surface area contributed by atoms with E-state index in [1.165, 1.54) is 0 Å². The summed E-state index contributed by atoms with van der Waals surface area (Å²) in [6.07, 6.45) is 0.535. The number of aromatic amines is 1. The summed E-state index contributed by atoms with van der Waals surface area (Å²) in [5.74, 6) is 0.890. The lowest BCUT2D eigenvalue weighted by atomic mass is 10.1. The minimum Gasteiger partial charge on any atom is -0.369 e. The summed E-state index contributed by atoms with van der Waals surface area (Å²) in [4.78, 5) is 10.7. The molecule has 1 aromatic carbocycles. The molecule has 17 heavy (non-hydrogen) atoms. The van der Waals surface area contributed by atoms with E-state index in [0.717, 1.165) is 5.56 Å². The van der Waals surface area contributed by atoms with Crippen molar-refractivity contribution in [3.63, 3.8) is 0 Å². The zero-order valence-electron chi connectivity index (χ0n) is 8.58. The number of aromatic nitrogens is 3. The molecule has 1 aromatic heterocycles. The molecule has 0 aliphatic heterocycles. The van der Waals surface area contributed by atoms with E-state index in [4.69, 9.17) is 41.2 Å². The second-order valence-corrected chi connectivity index (χ2v) is 4.57. The third-order valence-corrected chi connectivity index (χ3v) is 3.00. The maximum absolute atomic E-state index is 5.92. The Morgan fingerprint density at radius 3 is 2.65 bits per heavy atom. The van der Waals surface area contributed by atoms with Crippen LogP contribution in [-0.2, 0) is 6.42 Å². The first-order valence-electron chi connectivity index (χ1n) is 4.71. The zero-order chi connectivity index (χ0) is 12.4. The van der Waals surface area contributed by atoms with Crippen molar-refractivity contribution in [3.8, 4) is 0 Å². The highest BCUT2D eigenvalue weighted by Crippen LogP contribution is 2.23. The predicted octanol–water partition coefficient (Wildman–Crippen LogP) is 3.01. The van der Waals surface area contributed by atoms with Crippen LogP contribution in [0.5, 0.6) is 0 Å². The standard InChI is InChI=1S/C10H8Cl2N4S/c11-6-2-1-5(3-7(6)12)4-8-14-9(13)16-10(17)15-8/h1-3H,4H2,(H3,13,14,15,16,17). The van der Waals surface area contributed by atoms with Crippen LogP contribution in [0.2, 0.25) is 10.0 Å². The monoisotopic (exact) mass is 286 g/mol. The predicted molar refractivity (Wildman–Crippen MR) is 70.9 cm³/mol. The highest BCUT2D eigenvalue weighted by molar-refractivity contribution is 7.71. The van der Waals surface area contributed by atoms with Gasteiger partial charge in [-0.2, -0.15) is 4.98 Å². The van der Waals surface area contributed by atoms with Crippen molar-refractivity contribution in [2.45, 2.75) is 6.42 Å². The molecule has 2 rings (SSSR count). The van der Waals surface area contributed by atoms with Gasteiger partial charge in [-0.3, -0.25) is 0 Å². The second kappa shape index (κ2) is 5.00. The van der Waals surface area contributed by atoms with Gasteiger partial charge in [0.1, 0.15) is 5.82 Å². The van der Waals surface area contributed by atoms with E-state index in [9.17, 15) is 0 Å². The van der Waals surface area contributed by atoms with E-state index < -0.39 is 0 Å². The third kappa shape index (κ3) is 3.15. The highest BCUT2D eigenvalue weighted by atomic mass is 35.5. The molecule has 0 amide bonds. The number of nitrogen functional groups attached to an aromatic ring is 1. The van der Waals surface area contributed by atoms with Gasteiger partial charge in [0.05, 0.1) is 10.0 Å². The molecule has 0 aliphatic carbocycles. The zero-order valence-corrected chi connectivity index (χ0v) is 10.9. The second-order valence-electron chi connectivity index (χ2n) is 3.39. The molecule has 4 nitrogen and oxygen atoms in total. The van der Waals surface area contributed by atoms with Crippen molar-refractivity contribution < 1.29 is 0 Å². The Bertz CT molecular complexity index is 611. The average molecular weight is 287 g/mol. The fourth-order valence-corrected chi connectivity index (χ4v) is 1.90. The van der Waals surface area contributed by atoms with Crippen LogP contribution < -0.4 is 5.73 Å². The Morgan fingerprint density at radius 2 is 2.00 bits per heavy atom. The smallest absolute Gasteiger partial charge is 0.224 e. The van der Waals surface area contributed by atoms with Gasteiger partial charge >= 0.3 is 0 Å². The first-order valence-corrected chi connectivity index (χ1v) is 5.87.